The van der Waals surface area contributed by atoms with Gasteiger partial charge >= 0.3 is 0 Å². The van der Waals surface area contributed by atoms with Crippen LogP contribution in [0.15, 0.2) is 48.9 Å². The van der Waals surface area contributed by atoms with Crippen LogP contribution in [0.4, 0.5) is 5.69 Å². The minimum Gasteiger partial charge on any atom is -0.484 e. The third-order valence-corrected chi connectivity index (χ3v) is 5.30. The number of aromatic nitrogens is 2. The van der Waals surface area contributed by atoms with E-state index >= 15 is 0 Å². The Morgan fingerprint density at radius 2 is 2.00 bits per heavy atom. The molecule has 3 heterocycles. The molecule has 0 radical (unpaired) electrons. The summed E-state index contributed by atoms with van der Waals surface area (Å²) < 4.78 is 7.73. The molecule has 0 aliphatic carbocycles. The Kier molecular flexibility index (Phi) is 5.19. The van der Waals surface area contributed by atoms with Gasteiger partial charge in [0.15, 0.2) is 6.61 Å². The van der Waals surface area contributed by atoms with E-state index in [-0.39, 0.29) is 12.5 Å². The Balaban J connectivity index is 1.37. The van der Waals surface area contributed by atoms with Crippen molar-refractivity contribution < 1.29 is 9.53 Å². The van der Waals surface area contributed by atoms with E-state index in [1.807, 2.05) is 48.5 Å². The number of pyridine rings is 1. The van der Waals surface area contributed by atoms with Gasteiger partial charge < -0.3 is 18.9 Å². The summed E-state index contributed by atoms with van der Waals surface area (Å²) in [6.07, 6.45) is 6.91. The summed E-state index contributed by atoms with van der Waals surface area (Å²) in [7, 11) is 0. The van der Waals surface area contributed by atoms with Crippen LogP contribution in [0.2, 0.25) is 0 Å². The van der Waals surface area contributed by atoms with Gasteiger partial charge in [-0.05, 0) is 42.7 Å². The predicted octanol–water partition coefficient (Wildman–Crippen LogP) is 2.93. The van der Waals surface area contributed by atoms with Crippen molar-refractivity contribution in [2.75, 3.05) is 37.7 Å². The lowest BCUT2D eigenvalue weighted by Gasteiger charge is -2.37. The Morgan fingerprint density at radius 3 is 2.75 bits per heavy atom. The summed E-state index contributed by atoms with van der Waals surface area (Å²) in [6, 6.07) is 9.94. The zero-order valence-corrected chi connectivity index (χ0v) is 16.5. The van der Waals surface area contributed by atoms with Crippen molar-refractivity contribution in [3.05, 3.63) is 60.0 Å². The molecule has 0 spiro atoms. The number of amides is 1. The largest absolute Gasteiger partial charge is 0.484 e. The van der Waals surface area contributed by atoms with Crippen LogP contribution in [0.5, 0.6) is 5.75 Å². The van der Waals surface area contributed by atoms with E-state index in [0.29, 0.717) is 13.1 Å². The number of imidazole rings is 1. The minimum absolute atomic E-state index is 0.0435. The van der Waals surface area contributed by atoms with Gasteiger partial charge in [0.1, 0.15) is 11.4 Å². The molecule has 1 aliphatic rings. The molecule has 1 aromatic carbocycles. The highest BCUT2D eigenvalue weighted by atomic mass is 16.5. The molecule has 1 aliphatic heterocycles. The molecule has 146 valence electrons. The number of anilines is 1. The number of rotatable bonds is 5. The van der Waals surface area contributed by atoms with E-state index in [0.717, 1.165) is 36.5 Å². The van der Waals surface area contributed by atoms with Gasteiger partial charge in [0.25, 0.3) is 5.91 Å². The molecule has 0 bridgehead atoms. The van der Waals surface area contributed by atoms with Gasteiger partial charge in [-0.1, -0.05) is 19.1 Å². The molecule has 1 amide bonds. The molecular weight excluding hydrogens is 352 g/mol. The van der Waals surface area contributed by atoms with Gasteiger partial charge in [-0.15, -0.1) is 0 Å². The molecular formula is C22H26N4O2. The maximum atomic E-state index is 12.5. The van der Waals surface area contributed by atoms with Crippen LogP contribution in [0.1, 0.15) is 18.1 Å². The van der Waals surface area contributed by atoms with Crippen LogP contribution < -0.4 is 9.64 Å². The monoisotopic (exact) mass is 378 g/mol. The fraction of sp³-hybridized carbons (Fsp3) is 0.364. The summed E-state index contributed by atoms with van der Waals surface area (Å²) in [4.78, 5) is 21.2. The Bertz CT molecular complexity index is 974. The van der Waals surface area contributed by atoms with Gasteiger partial charge in [0.05, 0.1) is 5.69 Å². The second-order valence-corrected chi connectivity index (χ2v) is 7.20. The average molecular weight is 378 g/mol. The number of hydrogen-bond donors (Lipinski definition) is 0. The van der Waals surface area contributed by atoms with Crippen LogP contribution in [-0.4, -0.2) is 53.0 Å². The first-order valence-corrected chi connectivity index (χ1v) is 9.82. The summed E-state index contributed by atoms with van der Waals surface area (Å²) in [5.41, 5.74) is 4.63. The van der Waals surface area contributed by atoms with E-state index < -0.39 is 0 Å². The van der Waals surface area contributed by atoms with Gasteiger partial charge in [-0.25, -0.2) is 4.98 Å². The molecule has 6 heteroatoms. The maximum Gasteiger partial charge on any atom is 0.260 e. The van der Waals surface area contributed by atoms with Crippen LogP contribution in [0.25, 0.3) is 5.65 Å². The molecule has 0 saturated carbocycles. The number of benzene rings is 1. The quantitative estimate of drug-likeness (QED) is 0.685. The summed E-state index contributed by atoms with van der Waals surface area (Å²) in [5, 5.41) is 0. The lowest BCUT2D eigenvalue weighted by molar-refractivity contribution is -0.133. The molecule has 0 atom stereocenters. The number of ether oxygens (including phenoxy) is 1. The topological polar surface area (TPSA) is 50.1 Å². The van der Waals surface area contributed by atoms with E-state index in [2.05, 4.69) is 33.5 Å². The number of carbonyl (C=O) groups excluding carboxylic acids is 1. The molecule has 1 fully saturated rings. The SMILES string of the molecule is CCc1cc2nccn2cc1N1CCN(C(=O)COc2cccc(C)c2)CC1. The molecule has 6 nitrogen and oxygen atoms in total. The molecule has 2 aromatic heterocycles. The second-order valence-electron chi connectivity index (χ2n) is 7.20. The number of hydrogen-bond acceptors (Lipinski definition) is 4. The van der Waals surface area contributed by atoms with Crippen molar-refractivity contribution in [3.63, 3.8) is 0 Å². The fourth-order valence-corrected chi connectivity index (χ4v) is 3.70. The molecule has 3 aromatic rings. The summed E-state index contributed by atoms with van der Waals surface area (Å²) in [6.45, 7) is 7.33. The van der Waals surface area contributed by atoms with Crippen LogP contribution >= 0.6 is 0 Å². The number of nitrogens with zero attached hydrogens (tertiary/aromatic N) is 4. The van der Waals surface area contributed by atoms with Crippen molar-refractivity contribution in [1.82, 2.24) is 14.3 Å². The van der Waals surface area contributed by atoms with Crippen molar-refractivity contribution >= 4 is 17.2 Å². The fourth-order valence-electron chi connectivity index (χ4n) is 3.70. The molecule has 1 saturated heterocycles. The average Bonchev–Trinajstić information content (AvgIpc) is 3.18. The second kappa shape index (κ2) is 7.92. The standard InChI is InChI=1S/C22H26N4O2/c1-3-18-14-21-23-7-8-26(21)15-20(18)24-9-11-25(12-10-24)22(27)16-28-19-6-4-5-17(2)13-19/h4-8,13-15H,3,9-12,16H2,1-2H3. The maximum absolute atomic E-state index is 12.5. The highest BCUT2D eigenvalue weighted by Gasteiger charge is 2.23. The lowest BCUT2D eigenvalue weighted by atomic mass is 10.1. The lowest BCUT2D eigenvalue weighted by Crippen LogP contribution is -2.50. The van der Waals surface area contributed by atoms with E-state index in [4.69, 9.17) is 4.74 Å². The van der Waals surface area contributed by atoms with Crippen molar-refractivity contribution in [2.45, 2.75) is 20.3 Å². The highest BCUT2D eigenvalue weighted by molar-refractivity contribution is 5.78. The molecule has 0 unspecified atom stereocenters. The first-order valence-electron chi connectivity index (χ1n) is 9.82. The van der Waals surface area contributed by atoms with Gasteiger partial charge in [-0.2, -0.15) is 0 Å². The van der Waals surface area contributed by atoms with Gasteiger partial charge in [0.2, 0.25) is 0 Å². The number of carbonyl (C=O) groups is 1. The smallest absolute Gasteiger partial charge is 0.260 e. The van der Waals surface area contributed by atoms with Crippen molar-refractivity contribution in [3.8, 4) is 5.75 Å². The number of piperazine rings is 1. The Morgan fingerprint density at radius 1 is 1.18 bits per heavy atom. The summed E-state index contributed by atoms with van der Waals surface area (Å²) >= 11 is 0. The third kappa shape index (κ3) is 3.81. The molecule has 4 rings (SSSR count). The minimum atomic E-state index is 0.0435. The van der Waals surface area contributed by atoms with Gasteiger partial charge in [-0.3, -0.25) is 4.79 Å². The predicted molar refractivity (Wildman–Crippen MR) is 110 cm³/mol. The van der Waals surface area contributed by atoms with E-state index in [1.165, 1.54) is 11.3 Å². The van der Waals surface area contributed by atoms with Crippen molar-refractivity contribution in [2.24, 2.45) is 0 Å². The zero-order chi connectivity index (χ0) is 19.5. The van der Waals surface area contributed by atoms with E-state index in [1.54, 1.807) is 0 Å². The summed E-state index contributed by atoms with van der Waals surface area (Å²) in [5.74, 6) is 0.787. The Hall–Kier alpha value is -3.02. The molecule has 0 N–H and O–H groups in total. The normalized spacial score (nSPS) is 14.5. The van der Waals surface area contributed by atoms with Crippen LogP contribution in [-0.2, 0) is 11.2 Å². The molecule has 28 heavy (non-hydrogen) atoms. The number of aryl methyl sites for hydroxylation is 2. The van der Waals surface area contributed by atoms with Crippen LogP contribution in [0.3, 0.4) is 0 Å². The highest BCUT2D eigenvalue weighted by Crippen LogP contribution is 2.24. The third-order valence-electron chi connectivity index (χ3n) is 5.30. The first kappa shape index (κ1) is 18.3. The van der Waals surface area contributed by atoms with E-state index in [9.17, 15) is 4.79 Å². The van der Waals surface area contributed by atoms with Gasteiger partial charge in [0, 0.05) is 44.8 Å². The first-order chi connectivity index (χ1) is 13.6. The number of fused-ring (bicyclic) bond motifs is 1. The Labute approximate surface area is 165 Å². The zero-order valence-electron chi connectivity index (χ0n) is 16.5. The van der Waals surface area contributed by atoms with Crippen molar-refractivity contribution in [1.29, 1.82) is 0 Å². The van der Waals surface area contributed by atoms with Crippen LogP contribution in [0, 0.1) is 6.92 Å².